The Balaban J connectivity index is 1.95. The van der Waals surface area contributed by atoms with Gasteiger partial charge >= 0.3 is 0 Å². The van der Waals surface area contributed by atoms with Gasteiger partial charge in [0.2, 0.25) is 0 Å². The van der Waals surface area contributed by atoms with E-state index >= 15 is 0 Å². The Bertz CT molecular complexity index is 1050. The van der Waals surface area contributed by atoms with E-state index in [9.17, 15) is 0 Å². The van der Waals surface area contributed by atoms with E-state index < -0.39 is 0 Å². The van der Waals surface area contributed by atoms with Crippen molar-refractivity contribution in [2.24, 2.45) is 0 Å². The summed E-state index contributed by atoms with van der Waals surface area (Å²) < 4.78 is 2.79. The first-order chi connectivity index (χ1) is 10.7. The molecule has 0 amide bonds. The van der Waals surface area contributed by atoms with E-state index in [1.54, 1.807) is 0 Å². The Kier molecular flexibility index (Phi) is 2.26. The molecule has 0 saturated carbocycles. The number of rotatable bonds is 0. The van der Waals surface area contributed by atoms with Crippen molar-refractivity contribution in [1.29, 1.82) is 0 Å². The first-order valence-electron chi connectivity index (χ1n) is 7.72. The van der Waals surface area contributed by atoms with Crippen LogP contribution in [0.15, 0.2) is 60.7 Å². The van der Waals surface area contributed by atoms with Gasteiger partial charge in [0.05, 0.1) is 0 Å². The van der Waals surface area contributed by atoms with Crippen molar-refractivity contribution in [2.45, 2.75) is 19.3 Å². The molecule has 1 aliphatic carbocycles. The molecule has 1 aromatic heterocycles. The Labute approximate surface area is 134 Å². The van der Waals surface area contributed by atoms with E-state index in [-0.39, 0.29) is 5.41 Å². The number of thiophene rings is 1. The fraction of sp³-hybridized carbons (Fsp3) is 0.143. The van der Waals surface area contributed by atoms with E-state index in [0.29, 0.717) is 0 Å². The molecule has 4 aromatic rings. The van der Waals surface area contributed by atoms with Gasteiger partial charge in [-0.15, -0.1) is 11.3 Å². The summed E-state index contributed by atoms with van der Waals surface area (Å²) in [7, 11) is 0. The first-order valence-corrected chi connectivity index (χ1v) is 8.53. The van der Waals surface area contributed by atoms with Crippen LogP contribution < -0.4 is 0 Å². The molecular weight excluding hydrogens is 284 g/mol. The van der Waals surface area contributed by atoms with Crippen molar-refractivity contribution in [3.05, 3.63) is 71.8 Å². The molecule has 1 aliphatic rings. The van der Waals surface area contributed by atoms with E-state index in [4.69, 9.17) is 0 Å². The van der Waals surface area contributed by atoms with Crippen LogP contribution in [-0.4, -0.2) is 0 Å². The minimum Gasteiger partial charge on any atom is -0.135 e. The zero-order chi connectivity index (χ0) is 14.9. The summed E-state index contributed by atoms with van der Waals surface area (Å²) in [5.74, 6) is 0. The molecule has 1 heterocycles. The lowest BCUT2D eigenvalue weighted by atomic mass is 9.82. The first kappa shape index (κ1) is 12.4. The van der Waals surface area contributed by atoms with Crippen molar-refractivity contribution in [2.75, 3.05) is 0 Å². The lowest BCUT2D eigenvalue weighted by Crippen LogP contribution is -2.14. The topological polar surface area (TPSA) is 0 Å². The third kappa shape index (κ3) is 1.42. The van der Waals surface area contributed by atoms with Gasteiger partial charge in [0.25, 0.3) is 0 Å². The third-order valence-corrected chi connectivity index (χ3v) is 6.21. The molecule has 5 rings (SSSR count). The molecule has 0 radical (unpaired) electrons. The molecule has 1 heteroatoms. The quantitative estimate of drug-likeness (QED) is 0.354. The van der Waals surface area contributed by atoms with Gasteiger partial charge in [0, 0.05) is 25.6 Å². The Morgan fingerprint density at radius 2 is 1.45 bits per heavy atom. The van der Waals surface area contributed by atoms with Gasteiger partial charge in [-0.25, -0.2) is 0 Å². The maximum Gasteiger partial charge on any atom is 0.0358 e. The minimum absolute atomic E-state index is 0.0935. The molecule has 106 valence electrons. The fourth-order valence-corrected chi connectivity index (χ4v) is 5.05. The van der Waals surface area contributed by atoms with Gasteiger partial charge in [-0.05, 0) is 40.5 Å². The Morgan fingerprint density at radius 1 is 0.682 bits per heavy atom. The lowest BCUT2D eigenvalue weighted by Gasteiger charge is -2.21. The van der Waals surface area contributed by atoms with Crippen molar-refractivity contribution in [3.8, 4) is 11.1 Å². The van der Waals surface area contributed by atoms with Gasteiger partial charge in [-0.1, -0.05) is 56.3 Å². The predicted octanol–water partition coefficient (Wildman–Crippen LogP) is 6.36. The number of fused-ring (bicyclic) bond motifs is 6. The van der Waals surface area contributed by atoms with Crippen LogP contribution in [0.1, 0.15) is 25.0 Å². The molecule has 0 bridgehead atoms. The Hall–Kier alpha value is -2.12. The lowest BCUT2D eigenvalue weighted by molar-refractivity contribution is 0.661. The summed E-state index contributed by atoms with van der Waals surface area (Å²) in [6.07, 6.45) is 0. The Morgan fingerprint density at radius 3 is 2.36 bits per heavy atom. The van der Waals surface area contributed by atoms with Gasteiger partial charge in [0.15, 0.2) is 0 Å². The molecular formula is C21H16S. The molecule has 0 aliphatic heterocycles. The molecule has 0 saturated heterocycles. The zero-order valence-electron chi connectivity index (χ0n) is 12.7. The molecule has 0 atom stereocenters. The summed E-state index contributed by atoms with van der Waals surface area (Å²) >= 11 is 1.91. The van der Waals surface area contributed by atoms with Crippen molar-refractivity contribution < 1.29 is 0 Å². The summed E-state index contributed by atoms with van der Waals surface area (Å²) in [6, 6.07) is 22.4. The van der Waals surface area contributed by atoms with Gasteiger partial charge < -0.3 is 0 Å². The molecule has 22 heavy (non-hydrogen) atoms. The summed E-state index contributed by atoms with van der Waals surface area (Å²) in [5, 5.41) is 2.78. The minimum atomic E-state index is 0.0935. The highest BCUT2D eigenvalue weighted by Gasteiger charge is 2.35. The van der Waals surface area contributed by atoms with E-state index in [0.717, 1.165) is 0 Å². The molecule has 0 unspecified atom stereocenters. The van der Waals surface area contributed by atoms with E-state index in [1.165, 1.54) is 42.4 Å². The monoisotopic (exact) mass is 300 g/mol. The second-order valence-corrected chi connectivity index (χ2v) is 7.75. The van der Waals surface area contributed by atoms with Crippen LogP contribution in [0, 0.1) is 0 Å². The fourth-order valence-electron chi connectivity index (χ4n) is 3.92. The van der Waals surface area contributed by atoms with E-state index in [2.05, 4.69) is 74.5 Å². The average molecular weight is 300 g/mol. The van der Waals surface area contributed by atoms with Crippen LogP contribution in [0.2, 0.25) is 0 Å². The third-order valence-electron chi connectivity index (χ3n) is 5.08. The second kappa shape index (κ2) is 3.99. The zero-order valence-corrected chi connectivity index (χ0v) is 13.5. The summed E-state index contributed by atoms with van der Waals surface area (Å²) in [4.78, 5) is 0. The summed E-state index contributed by atoms with van der Waals surface area (Å²) in [5.41, 5.74) is 5.83. The van der Waals surface area contributed by atoms with Crippen molar-refractivity contribution in [3.63, 3.8) is 0 Å². The highest BCUT2D eigenvalue weighted by atomic mass is 32.1. The van der Waals surface area contributed by atoms with Crippen LogP contribution in [0.25, 0.3) is 31.3 Å². The molecule has 3 aromatic carbocycles. The molecule has 0 nitrogen and oxygen atoms in total. The highest BCUT2D eigenvalue weighted by molar-refractivity contribution is 7.25. The molecule has 0 N–H and O–H groups in total. The normalized spacial score (nSPS) is 15.2. The predicted molar refractivity (Wildman–Crippen MR) is 96.9 cm³/mol. The largest absolute Gasteiger partial charge is 0.135 e. The maximum absolute atomic E-state index is 2.43. The van der Waals surface area contributed by atoms with Gasteiger partial charge in [0.1, 0.15) is 0 Å². The highest BCUT2D eigenvalue weighted by Crippen LogP contribution is 2.51. The van der Waals surface area contributed by atoms with Crippen LogP contribution in [0.3, 0.4) is 0 Å². The van der Waals surface area contributed by atoms with Crippen molar-refractivity contribution in [1.82, 2.24) is 0 Å². The maximum atomic E-state index is 2.43. The standard InChI is InChI=1S/C21H16S/c1-21(2)17-9-5-3-7-13(17)15-11-16-14-8-4-6-10-19(14)22-20(16)12-18(15)21/h3-12H,1-2H3. The SMILES string of the molecule is CC1(C)c2ccccc2-c2cc3c(cc21)sc1ccccc13. The van der Waals surface area contributed by atoms with Crippen LogP contribution in [0.5, 0.6) is 0 Å². The number of benzene rings is 3. The molecule has 0 spiro atoms. The number of hydrogen-bond acceptors (Lipinski definition) is 1. The smallest absolute Gasteiger partial charge is 0.0358 e. The van der Waals surface area contributed by atoms with Crippen LogP contribution in [-0.2, 0) is 5.41 Å². The molecule has 0 fully saturated rings. The number of hydrogen-bond donors (Lipinski definition) is 0. The second-order valence-electron chi connectivity index (χ2n) is 6.66. The summed E-state index contributed by atoms with van der Waals surface area (Å²) in [6.45, 7) is 4.69. The van der Waals surface area contributed by atoms with Crippen LogP contribution >= 0.6 is 11.3 Å². The average Bonchev–Trinajstić information content (AvgIpc) is 3.00. The van der Waals surface area contributed by atoms with E-state index in [1.807, 2.05) is 11.3 Å². The van der Waals surface area contributed by atoms with Gasteiger partial charge in [-0.3, -0.25) is 0 Å². The van der Waals surface area contributed by atoms with Crippen molar-refractivity contribution >= 4 is 31.5 Å². The van der Waals surface area contributed by atoms with Gasteiger partial charge in [-0.2, -0.15) is 0 Å². The van der Waals surface area contributed by atoms with Crippen LogP contribution in [0.4, 0.5) is 0 Å².